The molecule has 0 aliphatic heterocycles. The van der Waals surface area contributed by atoms with E-state index in [0.717, 1.165) is 5.82 Å². The molecular weight excluding hydrogens is 184 g/mol. The number of rotatable bonds is 5. The Bertz CT molecular complexity index is 310. The SMILES string of the molecule is CC(NCCc1nncn1C)C(=O)O. The van der Waals surface area contributed by atoms with Crippen molar-refractivity contribution < 1.29 is 9.90 Å². The number of hydrogen-bond acceptors (Lipinski definition) is 4. The van der Waals surface area contributed by atoms with Crippen LogP contribution in [-0.2, 0) is 18.3 Å². The summed E-state index contributed by atoms with van der Waals surface area (Å²) in [7, 11) is 1.86. The number of carbonyl (C=O) groups is 1. The van der Waals surface area contributed by atoms with Crippen LogP contribution >= 0.6 is 0 Å². The number of hydrogen-bond donors (Lipinski definition) is 2. The molecule has 1 aromatic rings. The zero-order valence-electron chi connectivity index (χ0n) is 8.27. The molecule has 1 rings (SSSR count). The van der Waals surface area contributed by atoms with Crippen LogP contribution in [-0.4, -0.2) is 38.4 Å². The molecule has 0 amide bonds. The third-order valence-electron chi connectivity index (χ3n) is 1.97. The van der Waals surface area contributed by atoms with Crippen LogP contribution in [0.5, 0.6) is 0 Å². The van der Waals surface area contributed by atoms with Gasteiger partial charge in [-0.1, -0.05) is 0 Å². The first kappa shape index (κ1) is 10.6. The summed E-state index contributed by atoms with van der Waals surface area (Å²) in [6, 6.07) is -0.525. The Labute approximate surface area is 82.0 Å². The van der Waals surface area contributed by atoms with Crippen molar-refractivity contribution in [2.45, 2.75) is 19.4 Å². The number of nitrogens with zero attached hydrogens (tertiary/aromatic N) is 3. The van der Waals surface area contributed by atoms with Gasteiger partial charge in [-0.15, -0.1) is 10.2 Å². The standard InChI is InChI=1S/C8H14N4O2/c1-6(8(13)14)9-4-3-7-11-10-5-12(7)2/h5-6,9H,3-4H2,1-2H3,(H,13,14). The molecule has 0 spiro atoms. The Morgan fingerprint density at radius 3 is 3.00 bits per heavy atom. The summed E-state index contributed by atoms with van der Waals surface area (Å²) in [6.45, 7) is 2.19. The molecule has 1 atom stereocenters. The number of nitrogens with one attached hydrogen (secondary N) is 1. The van der Waals surface area contributed by atoms with Crippen LogP contribution in [0.2, 0.25) is 0 Å². The zero-order chi connectivity index (χ0) is 10.6. The van der Waals surface area contributed by atoms with E-state index in [2.05, 4.69) is 15.5 Å². The maximum atomic E-state index is 10.5. The van der Waals surface area contributed by atoms with Gasteiger partial charge in [-0.05, 0) is 6.92 Å². The van der Waals surface area contributed by atoms with Crippen LogP contribution < -0.4 is 5.32 Å². The maximum Gasteiger partial charge on any atom is 0.320 e. The lowest BCUT2D eigenvalue weighted by Gasteiger charge is -2.07. The van der Waals surface area contributed by atoms with E-state index in [1.54, 1.807) is 13.3 Å². The van der Waals surface area contributed by atoms with Gasteiger partial charge in [0.15, 0.2) is 0 Å². The van der Waals surface area contributed by atoms with E-state index in [1.807, 2.05) is 11.6 Å². The van der Waals surface area contributed by atoms with Crippen LogP contribution in [0, 0.1) is 0 Å². The lowest BCUT2D eigenvalue weighted by Crippen LogP contribution is -2.35. The quantitative estimate of drug-likeness (QED) is 0.661. The summed E-state index contributed by atoms with van der Waals surface area (Å²) in [4.78, 5) is 10.5. The van der Waals surface area contributed by atoms with Gasteiger partial charge in [0.2, 0.25) is 0 Å². The predicted octanol–water partition coefficient (Wildman–Crippen LogP) is -0.580. The maximum absolute atomic E-state index is 10.5. The van der Waals surface area contributed by atoms with Crippen molar-refractivity contribution in [3.8, 4) is 0 Å². The van der Waals surface area contributed by atoms with E-state index in [1.165, 1.54) is 0 Å². The third-order valence-corrected chi connectivity index (χ3v) is 1.97. The largest absolute Gasteiger partial charge is 0.480 e. The molecule has 0 aliphatic rings. The monoisotopic (exact) mass is 198 g/mol. The Morgan fingerprint density at radius 2 is 2.50 bits per heavy atom. The van der Waals surface area contributed by atoms with Crippen LogP contribution in [0.15, 0.2) is 6.33 Å². The molecule has 78 valence electrons. The van der Waals surface area contributed by atoms with Gasteiger partial charge < -0.3 is 15.0 Å². The molecule has 0 bridgehead atoms. The van der Waals surface area contributed by atoms with Gasteiger partial charge in [0.1, 0.15) is 18.2 Å². The van der Waals surface area contributed by atoms with Crippen molar-refractivity contribution in [2.24, 2.45) is 7.05 Å². The molecule has 0 saturated heterocycles. The lowest BCUT2D eigenvalue weighted by molar-refractivity contribution is -0.138. The first-order chi connectivity index (χ1) is 6.61. The van der Waals surface area contributed by atoms with Gasteiger partial charge in [0.25, 0.3) is 0 Å². The summed E-state index contributed by atoms with van der Waals surface area (Å²) >= 11 is 0. The highest BCUT2D eigenvalue weighted by atomic mass is 16.4. The van der Waals surface area contributed by atoms with E-state index >= 15 is 0 Å². The fraction of sp³-hybridized carbons (Fsp3) is 0.625. The van der Waals surface area contributed by atoms with E-state index in [4.69, 9.17) is 5.11 Å². The Morgan fingerprint density at radius 1 is 1.79 bits per heavy atom. The second-order valence-electron chi connectivity index (χ2n) is 3.12. The summed E-state index contributed by atoms with van der Waals surface area (Å²) < 4.78 is 1.81. The molecule has 1 heterocycles. The molecule has 0 fully saturated rings. The normalized spacial score (nSPS) is 12.7. The highest BCUT2D eigenvalue weighted by Crippen LogP contribution is 1.92. The molecule has 1 aromatic heterocycles. The molecule has 14 heavy (non-hydrogen) atoms. The summed E-state index contributed by atoms with van der Waals surface area (Å²) in [5.41, 5.74) is 0. The minimum atomic E-state index is -0.844. The molecule has 6 heteroatoms. The average molecular weight is 198 g/mol. The molecule has 0 aromatic carbocycles. The molecule has 0 saturated carbocycles. The number of carboxylic acids is 1. The summed E-state index contributed by atoms with van der Waals surface area (Å²) in [5, 5.41) is 19.1. The van der Waals surface area contributed by atoms with Crippen LogP contribution in [0.4, 0.5) is 0 Å². The first-order valence-electron chi connectivity index (χ1n) is 4.40. The number of aromatic nitrogens is 3. The van der Waals surface area contributed by atoms with E-state index in [0.29, 0.717) is 13.0 Å². The van der Waals surface area contributed by atoms with Gasteiger partial charge in [-0.3, -0.25) is 4.79 Å². The van der Waals surface area contributed by atoms with Gasteiger partial charge in [0.05, 0.1) is 0 Å². The molecule has 6 nitrogen and oxygen atoms in total. The topological polar surface area (TPSA) is 80.0 Å². The molecule has 0 aliphatic carbocycles. The number of carboxylic acid groups (broad SMARTS) is 1. The van der Waals surface area contributed by atoms with Crippen molar-refractivity contribution in [3.63, 3.8) is 0 Å². The van der Waals surface area contributed by atoms with Gasteiger partial charge in [0, 0.05) is 20.0 Å². The van der Waals surface area contributed by atoms with Crippen molar-refractivity contribution in [1.29, 1.82) is 0 Å². The van der Waals surface area contributed by atoms with Crippen molar-refractivity contribution in [1.82, 2.24) is 20.1 Å². The second kappa shape index (κ2) is 4.71. The summed E-state index contributed by atoms with van der Waals surface area (Å²) in [5.74, 6) is -0.00180. The van der Waals surface area contributed by atoms with Crippen molar-refractivity contribution in [2.75, 3.05) is 6.54 Å². The van der Waals surface area contributed by atoms with Crippen LogP contribution in [0.1, 0.15) is 12.7 Å². The third kappa shape index (κ3) is 2.81. The highest BCUT2D eigenvalue weighted by Gasteiger charge is 2.09. The van der Waals surface area contributed by atoms with Crippen molar-refractivity contribution in [3.05, 3.63) is 12.2 Å². The Hall–Kier alpha value is -1.43. The number of aryl methyl sites for hydroxylation is 1. The summed E-state index contributed by atoms with van der Waals surface area (Å²) in [6.07, 6.45) is 2.30. The molecule has 0 radical (unpaired) electrons. The van der Waals surface area contributed by atoms with Gasteiger partial charge in [-0.2, -0.15) is 0 Å². The minimum Gasteiger partial charge on any atom is -0.480 e. The highest BCUT2D eigenvalue weighted by molar-refractivity contribution is 5.72. The van der Waals surface area contributed by atoms with E-state index in [9.17, 15) is 4.79 Å². The lowest BCUT2D eigenvalue weighted by atomic mass is 10.3. The fourth-order valence-corrected chi connectivity index (χ4v) is 1.02. The van der Waals surface area contributed by atoms with E-state index < -0.39 is 12.0 Å². The van der Waals surface area contributed by atoms with Crippen LogP contribution in [0.25, 0.3) is 0 Å². The Kier molecular flexibility index (Phi) is 3.58. The average Bonchev–Trinajstić information content (AvgIpc) is 2.51. The predicted molar refractivity (Wildman–Crippen MR) is 49.8 cm³/mol. The minimum absolute atomic E-state index is 0.525. The van der Waals surface area contributed by atoms with E-state index in [-0.39, 0.29) is 0 Å². The Balaban J connectivity index is 2.29. The van der Waals surface area contributed by atoms with Gasteiger partial charge in [-0.25, -0.2) is 0 Å². The number of aliphatic carboxylic acids is 1. The fourth-order valence-electron chi connectivity index (χ4n) is 1.02. The van der Waals surface area contributed by atoms with Crippen molar-refractivity contribution >= 4 is 5.97 Å². The molecule has 1 unspecified atom stereocenters. The smallest absolute Gasteiger partial charge is 0.320 e. The molecular formula is C8H14N4O2. The second-order valence-corrected chi connectivity index (χ2v) is 3.12. The zero-order valence-corrected chi connectivity index (χ0v) is 8.27. The van der Waals surface area contributed by atoms with Gasteiger partial charge >= 0.3 is 5.97 Å². The van der Waals surface area contributed by atoms with Crippen LogP contribution in [0.3, 0.4) is 0 Å². The molecule has 2 N–H and O–H groups in total. The first-order valence-corrected chi connectivity index (χ1v) is 4.40.